The number of halogens is 3. The van der Waals surface area contributed by atoms with Crippen molar-refractivity contribution in [3.63, 3.8) is 0 Å². The molecule has 1 heterocycles. The molecule has 0 aliphatic rings. The van der Waals surface area contributed by atoms with Gasteiger partial charge < -0.3 is 0 Å². The summed E-state index contributed by atoms with van der Waals surface area (Å²) in [5.41, 5.74) is 3.12. The van der Waals surface area contributed by atoms with Crippen LogP contribution in [0.4, 0.5) is 0 Å². The first-order valence-corrected chi connectivity index (χ1v) is 6.64. The number of hydrogen-bond acceptors (Lipinski definition) is 2. The second-order valence-corrected chi connectivity index (χ2v) is 5.30. The van der Waals surface area contributed by atoms with Crippen molar-refractivity contribution in [3.05, 3.63) is 50.6 Å². The molecule has 0 fully saturated rings. The van der Waals surface area contributed by atoms with Crippen LogP contribution in [0.15, 0.2) is 24.3 Å². The topological polar surface area (TPSA) is 36.7 Å². The van der Waals surface area contributed by atoms with E-state index < -0.39 is 0 Å². The third-order valence-corrected chi connectivity index (χ3v) is 3.62. The number of aromatic nitrogens is 1. The fraction of sp³-hybridized carbons (Fsp3) is 0.143. The van der Waals surface area contributed by atoms with E-state index in [1.54, 1.807) is 12.1 Å². The van der Waals surface area contributed by atoms with E-state index in [0.29, 0.717) is 32.7 Å². The van der Waals surface area contributed by atoms with E-state index in [-0.39, 0.29) is 0 Å². The van der Waals surface area contributed by atoms with Gasteiger partial charge in [0, 0.05) is 11.3 Å². The van der Waals surface area contributed by atoms with Gasteiger partial charge in [0.2, 0.25) is 0 Å². The van der Waals surface area contributed by atoms with Crippen molar-refractivity contribution in [1.29, 1.82) is 5.26 Å². The average molecular weight is 312 g/mol. The van der Waals surface area contributed by atoms with Crippen molar-refractivity contribution in [2.75, 3.05) is 0 Å². The molecule has 0 saturated heterocycles. The van der Waals surface area contributed by atoms with Crippen LogP contribution in [0.1, 0.15) is 11.3 Å². The molecule has 1 aromatic carbocycles. The van der Waals surface area contributed by atoms with Crippen LogP contribution in [0.5, 0.6) is 0 Å². The standard InChI is InChI=1S/C14H9Cl3N2/c1-8-4-9(2-3-18)5-14(19-8)10-6-12(16)13(17)7-11(10)15/h4-7H,2H2,1H3. The molecule has 0 saturated carbocycles. The minimum atomic E-state index is 0.329. The summed E-state index contributed by atoms with van der Waals surface area (Å²) in [6.45, 7) is 1.87. The minimum absolute atomic E-state index is 0.329. The Morgan fingerprint density at radius 1 is 1.05 bits per heavy atom. The van der Waals surface area contributed by atoms with Crippen LogP contribution in [0.2, 0.25) is 15.1 Å². The molecule has 96 valence electrons. The summed E-state index contributed by atoms with van der Waals surface area (Å²) in [7, 11) is 0. The molecular weight excluding hydrogens is 303 g/mol. The number of pyridine rings is 1. The highest BCUT2D eigenvalue weighted by Crippen LogP contribution is 2.34. The second-order valence-electron chi connectivity index (χ2n) is 4.08. The van der Waals surface area contributed by atoms with Gasteiger partial charge in [0.05, 0.1) is 33.3 Å². The first-order valence-electron chi connectivity index (χ1n) is 5.50. The summed E-state index contributed by atoms with van der Waals surface area (Å²) in [4.78, 5) is 4.42. The monoisotopic (exact) mass is 310 g/mol. The van der Waals surface area contributed by atoms with E-state index in [2.05, 4.69) is 11.1 Å². The predicted molar refractivity (Wildman–Crippen MR) is 78.8 cm³/mol. The summed E-state index contributed by atoms with van der Waals surface area (Å²) in [5, 5.41) is 10.1. The summed E-state index contributed by atoms with van der Waals surface area (Å²) in [6.07, 6.45) is 0.329. The zero-order valence-corrected chi connectivity index (χ0v) is 12.3. The van der Waals surface area contributed by atoms with Crippen LogP contribution in [0.3, 0.4) is 0 Å². The van der Waals surface area contributed by atoms with Crippen molar-refractivity contribution in [3.8, 4) is 17.3 Å². The predicted octanol–water partition coefficient (Wildman–Crippen LogP) is 5.08. The van der Waals surface area contributed by atoms with Crippen LogP contribution in [-0.2, 0) is 6.42 Å². The van der Waals surface area contributed by atoms with E-state index in [9.17, 15) is 0 Å². The fourth-order valence-corrected chi connectivity index (χ4v) is 2.43. The molecule has 0 radical (unpaired) electrons. The smallest absolute Gasteiger partial charge is 0.0723 e. The van der Waals surface area contributed by atoms with Gasteiger partial charge in [-0.1, -0.05) is 34.8 Å². The fourth-order valence-electron chi connectivity index (χ4n) is 1.79. The summed E-state index contributed by atoms with van der Waals surface area (Å²) in [5.74, 6) is 0. The van der Waals surface area contributed by atoms with Crippen molar-refractivity contribution >= 4 is 34.8 Å². The molecule has 0 unspecified atom stereocenters. The molecule has 0 spiro atoms. The average Bonchev–Trinajstić information content (AvgIpc) is 2.33. The lowest BCUT2D eigenvalue weighted by Crippen LogP contribution is -1.92. The number of nitrogens with zero attached hydrogens (tertiary/aromatic N) is 2. The Morgan fingerprint density at radius 3 is 2.42 bits per heavy atom. The molecule has 0 N–H and O–H groups in total. The molecular formula is C14H9Cl3N2. The largest absolute Gasteiger partial charge is 0.253 e. The van der Waals surface area contributed by atoms with Crippen LogP contribution in [-0.4, -0.2) is 4.98 Å². The molecule has 0 amide bonds. The molecule has 0 aliphatic heterocycles. The van der Waals surface area contributed by atoms with Gasteiger partial charge in [-0.3, -0.25) is 4.98 Å². The van der Waals surface area contributed by atoms with Crippen LogP contribution >= 0.6 is 34.8 Å². The molecule has 2 rings (SSSR count). The Labute approximate surface area is 126 Å². The highest BCUT2D eigenvalue weighted by molar-refractivity contribution is 6.44. The SMILES string of the molecule is Cc1cc(CC#N)cc(-c2cc(Cl)c(Cl)cc2Cl)n1. The maximum absolute atomic E-state index is 8.77. The van der Waals surface area contributed by atoms with E-state index in [4.69, 9.17) is 40.1 Å². The van der Waals surface area contributed by atoms with Gasteiger partial charge in [0.25, 0.3) is 0 Å². The van der Waals surface area contributed by atoms with Crippen molar-refractivity contribution in [2.24, 2.45) is 0 Å². The lowest BCUT2D eigenvalue weighted by molar-refractivity contribution is 1.15. The zero-order chi connectivity index (χ0) is 14.0. The molecule has 2 aromatic rings. The number of rotatable bonds is 2. The minimum Gasteiger partial charge on any atom is -0.253 e. The molecule has 2 nitrogen and oxygen atoms in total. The Hall–Kier alpha value is -1.27. The maximum atomic E-state index is 8.77. The zero-order valence-electron chi connectivity index (χ0n) is 10.0. The number of aryl methyl sites for hydroxylation is 1. The van der Waals surface area contributed by atoms with Gasteiger partial charge in [-0.2, -0.15) is 5.26 Å². The molecule has 5 heteroatoms. The highest BCUT2D eigenvalue weighted by Gasteiger charge is 2.10. The first kappa shape index (κ1) is 14.1. The first-order chi connectivity index (χ1) is 9.01. The normalized spacial score (nSPS) is 10.3. The van der Waals surface area contributed by atoms with Gasteiger partial charge in [-0.15, -0.1) is 0 Å². The quantitative estimate of drug-likeness (QED) is 0.725. The summed E-state index contributed by atoms with van der Waals surface area (Å²) in [6, 6.07) is 9.10. The summed E-state index contributed by atoms with van der Waals surface area (Å²) < 4.78 is 0. The third kappa shape index (κ3) is 3.19. The lowest BCUT2D eigenvalue weighted by Gasteiger charge is -2.08. The number of nitriles is 1. The van der Waals surface area contributed by atoms with Gasteiger partial charge in [0.15, 0.2) is 0 Å². The van der Waals surface area contributed by atoms with Crippen molar-refractivity contribution < 1.29 is 0 Å². The Balaban J connectivity index is 2.59. The third-order valence-electron chi connectivity index (χ3n) is 2.58. The van der Waals surface area contributed by atoms with Gasteiger partial charge >= 0.3 is 0 Å². The van der Waals surface area contributed by atoms with Crippen molar-refractivity contribution in [1.82, 2.24) is 4.98 Å². The van der Waals surface area contributed by atoms with Crippen LogP contribution < -0.4 is 0 Å². The number of hydrogen-bond donors (Lipinski definition) is 0. The van der Waals surface area contributed by atoms with Gasteiger partial charge in [-0.25, -0.2) is 0 Å². The Bertz CT molecular complexity index is 675. The van der Waals surface area contributed by atoms with Crippen LogP contribution in [0.25, 0.3) is 11.3 Å². The van der Waals surface area contributed by atoms with Crippen LogP contribution in [0, 0.1) is 18.3 Å². The molecule has 19 heavy (non-hydrogen) atoms. The summed E-state index contributed by atoms with van der Waals surface area (Å²) >= 11 is 18.1. The second kappa shape index (κ2) is 5.79. The highest BCUT2D eigenvalue weighted by atomic mass is 35.5. The Morgan fingerprint density at radius 2 is 1.74 bits per heavy atom. The van der Waals surface area contributed by atoms with Gasteiger partial charge in [0.1, 0.15) is 0 Å². The van der Waals surface area contributed by atoms with E-state index in [0.717, 1.165) is 11.3 Å². The lowest BCUT2D eigenvalue weighted by atomic mass is 10.1. The number of benzene rings is 1. The maximum Gasteiger partial charge on any atom is 0.0723 e. The van der Waals surface area contributed by atoms with Gasteiger partial charge in [-0.05, 0) is 36.8 Å². The van der Waals surface area contributed by atoms with E-state index in [1.165, 1.54) is 0 Å². The van der Waals surface area contributed by atoms with Crippen molar-refractivity contribution in [2.45, 2.75) is 13.3 Å². The molecule has 0 atom stereocenters. The van der Waals surface area contributed by atoms with E-state index >= 15 is 0 Å². The molecule has 0 bridgehead atoms. The van der Waals surface area contributed by atoms with E-state index in [1.807, 2.05) is 19.1 Å². The molecule has 0 aliphatic carbocycles. The Kier molecular flexibility index (Phi) is 4.31. The molecule has 1 aromatic heterocycles.